The fraction of sp³-hybridized carbons (Fsp3) is 0.433. The number of aliphatic hydroxyl groups is 2. The number of anilines is 2. The molecule has 3 heterocycles. The molecule has 2 aromatic carbocycles. The number of nitrogens with zero attached hydrogens (tertiary/aromatic N) is 3. The molecule has 2 aromatic rings. The summed E-state index contributed by atoms with van der Waals surface area (Å²) in [7, 11) is 0. The van der Waals surface area contributed by atoms with Crippen LogP contribution >= 0.6 is 11.6 Å². The number of fused-ring (bicyclic) bond motifs is 1. The van der Waals surface area contributed by atoms with Crippen molar-refractivity contribution in [3.8, 4) is 0 Å². The van der Waals surface area contributed by atoms with Crippen LogP contribution in [0.1, 0.15) is 50.2 Å². The molecule has 0 unspecified atom stereocenters. The summed E-state index contributed by atoms with van der Waals surface area (Å²) in [6, 6.07) is 12.5. The Balaban J connectivity index is 1.37. The third-order valence-electron chi connectivity index (χ3n) is 8.15. The van der Waals surface area contributed by atoms with Gasteiger partial charge in [0, 0.05) is 48.1 Å². The number of amides is 3. The molecule has 3 aliphatic rings. The Morgan fingerprint density at radius 1 is 1.18 bits per heavy atom. The van der Waals surface area contributed by atoms with E-state index in [2.05, 4.69) is 0 Å². The van der Waals surface area contributed by atoms with Gasteiger partial charge in [0.25, 0.3) is 5.91 Å². The predicted octanol–water partition coefficient (Wildman–Crippen LogP) is 3.77. The van der Waals surface area contributed by atoms with Crippen LogP contribution in [0.2, 0.25) is 5.02 Å². The highest BCUT2D eigenvalue weighted by atomic mass is 35.5. The third kappa shape index (κ3) is 5.09. The first-order valence-electron chi connectivity index (χ1n) is 13.5. The summed E-state index contributed by atoms with van der Waals surface area (Å²) in [5.41, 5.74) is 0.783. The maximum Gasteiger partial charge on any atom is 0.264 e. The SMILES string of the molecule is C[C@@H](/C=C/CC(=O)N1CCC[C@H]1CO)[C@]1(O)C(=O)N(Cc2cccc(N3CCCC3=O)c2)c2ccc(Cl)cc21. The standard InChI is InChI=1S/C30H34ClN3O5/c1-20(6-2-10-27(36)33-14-4-9-24(33)19-35)30(39)25-17-22(31)12-13-26(25)34(29(30)38)18-21-7-3-8-23(16-21)32-15-5-11-28(32)37/h2-3,6-8,12-13,16-17,20,24,35,39H,4-5,9-11,14-15,18-19H2,1H3/b6-2+/t20-,24-,30+/m0/s1. The molecule has 5 rings (SSSR count). The Morgan fingerprint density at radius 2 is 2.00 bits per heavy atom. The van der Waals surface area contributed by atoms with Crippen molar-refractivity contribution >= 4 is 40.7 Å². The van der Waals surface area contributed by atoms with Gasteiger partial charge in [-0.05, 0) is 55.2 Å². The van der Waals surface area contributed by atoms with Gasteiger partial charge in [-0.3, -0.25) is 14.4 Å². The molecule has 2 saturated heterocycles. The first kappa shape index (κ1) is 27.4. The molecule has 0 saturated carbocycles. The van der Waals surface area contributed by atoms with Gasteiger partial charge < -0.3 is 24.9 Å². The first-order chi connectivity index (χ1) is 18.7. The van der Waals surface area contributed by atoms with E-state index < -0.39 is 17.4 Å². The van der Waals surface area contributed by atoms with Crippen molar-refractivity contribution in [3.63, 3.8) is 0 Å². The molecule has 3 amide bonds. The number of carbonyl (C=O) groups excluding carboxylic acids is 3. The van der Waals surface area contributed by atoms with Gasteiger partial charge in [-0.2, -0.15) is 0 Å². The second-order valence-corrected chi connectivity index (χ2v) is 11.1. The number of carbonyl (C=O) groups is 3. The average molecular weight is 552 g/mol. The number of rotatable bonds is 8. The largest absolute Gasteiger partial charge is 0.394 e. The summed E-state index contributed by atoms with van der Waals surface area (Å²) >= 11 is 6.30. The van der Waals surface area contributed by atoms with Crippen LogP contribution in [0.3, 0.4) is 0 Å². The Hall–Kier alpha value is -3.20. The van der Waals surface area contributed by atoms with Crippen LogP contribution in [-0.2, 0) is 26.5 Å². The summed E-state index contributed by atoms with van der Waals surface area (Å²) in [4.78, 5) is 43.8. The highest BCUT2D eigenvalue weighted by Gasteiger charge is 2.52. The number of benzene rings is 2. The second kappa shape index (κ2) is 11.1. The number of hydrogen-bond donors (Lipinski definition) is 2. The van der Waals surface area contributed by atoms with Gasteiger partial charge in [0.05, 0.1) is 24.9 Å². The summed E-state index contributed by atoms with van der Waals surface area (Å²) in [6.07, 6.45) is 6.54. The predicted molar refractivity (Wildman–Crippen MR) is 149 cm³/mol. The molecule has 0 radical (unpaired) electrons. The minimum Gasteiger partial charge on any atom is -0.394 e. The van der Waals surface area contributed by atoms with Gasteiger partial charge in [0.1, 0.15) is 0 Å². The van der Waals surface area contributed by atoms with Crippen molar-refractivity contribution in [1.82, 2.24) is 4.90 Å². The van der Waals surface area contributed by atoms with Crippen LogP contribution in [0.15, 0.2) is 54.6 Å². The average Bonchev–Trinajstić information content (AvgIpc) is 3.63. The van der Waals surface area contributed by atoms with Crippen LogP contribution in [-0.4, -0.2) is 58.6 Å². The maximum atomic E-state index is 13.9. The zero-order valence-corrected chi connectivity index (χ0v) is 22.8. The Morgan fingerprint density at radius 3 is 2.74 bits per heavy atom. The Labute approximate surface area is 233 Å². The summed E-state index contributed by atoms with van der Waals surface area (Å²) < 4.78 is 0. The van der Waals surface area contributed by atoms with E-state index in [4.69, 9.17) is 11.6 Å². The van der Waals surface area contributed by atoms with Crippen LogP contribution < -0.4 is 9.80 Å². The summed E-state index contributed by atoms with van der Waals surface area (Å²) in [6.45, 7) is 3.22. The van der Waals surface area contributed by atoms with Crippen LogP contribution in [0.4, 0.5) is 11.4 Å². The Bertz CT molecular complexity index is 1310. The highest BCUT2D eigenvalue weighted by Crippen LogP contribution is 2.46. The lowest BCUT2D eigenvalue weighted by Gasteiger charge is -2.28. The van der Waals surface area contributed by atoms with Gasteiger partial charge in [0.2, 0.25) is 11.8 Å². The minimum atomic E-state index is -1.86. The quantitative estimate of drug-likeness (QED) is 0.486. The molecule has 0 aromatic heterocycles. The molecule has 3 aliphatic heterocycles. The number of hydrogen-bond acceptors (Lipinski definition) is 5. The van der Waals surface area contributed by atoms with E-state index in [1.165, 1.54) is 0 Å². The smallest absolute Gasteiger partial charge is 0.264 e. The summed E-state index contributed by atoms with van der Waals surface area (Å²) in [5, 5.41) is 21.8. The van der Waals surface area contributed by atoms with Gasteiger partial charge >= 0.3 is 0 Å². The van der Waals surface area contributed by atoms with Crippen LogP contribution in [0.5, 0.6) is 0 Å². The van der Waals surface area contributed by atoms with E-state index in [-0.39, 0.29) is 37.4 Å². The zero-order valence-electron chi connectivity index (χ0n) is 22.1. The van der Waals surface area contributed by atoms with Crippen LogP contribution in [0.25, 0.3) is 0 Å². The topological polar surface area (TPSA) is 101 Å². The lowest BCUT2D eigenvalue weighted by molar-refractivity contribution is -0.139. The molecular weight excluding hydrogens is 518 g/mol. The molecule has 2 N–H and O–H groups in total. The molecule has 3 atom stereocenters. The van der Waals surface area contributed by atoms with Gasteiger partial charge in [0.15, 0.2) is 5.60 Å². The number of aliphatic hydroxyl groups excluding tert-OH is 1. The lowest BCUT2D eigenvalue weighted by atomic mass is 9.83. The number of likely N-dealkylation sites (tertiary alicyclic amines) is 1. The van der Waals surface area contributed by atoms with Crippen molar-refractivity contribution in [2.24, 2.45) is 5.92 Å². The molecule has 2 fully saturated rings. The molecule has 9 heteroatoms. The van der Waals surface area contributed by atoms with E-state index in [0.29, 0.717) is 35.8 Å². The van der Waals surface area contributed by atoms with E-state index >= 15 is 0 Å². The third-order valence-corrected chi connectivity index (χ3v) is 8.39. The van der Waals surface area contributed by atoms with Crippen LogP contribution in [0, 0.1) is 5.92 Å². The zero-order chi connectivity index (χ0) is 27.7. The molecule has 206 valence electrons. The van der Waals surface area contributed by atoms with Crippen molar-refractivity contribution in [2.45, 2.75) is 57.2 Å². The highest BCUT2D eigenvalue weighted by molar-refractivity contribution is 6.31. The van der Waals surface area contributed by atoms with E-state index in [9.17, 15) is 24.6 Å². The Kier molecular flexibility index (Phi) is 7.80. The fourth-order valence-electron chi connectivity index (χ4n) is 5.99. The first-order valence-corrected chi connectivity index (χ1v) is 13.9. The normalized spacial score (nSPS) is 23.8. The molecule has 8 nitrogen and oxygen atoms in total. The van der Waals surface area contributed by atoms with Gasteiger partial charge in [-0.25, -0.2) is 0 Å². The fourth-order valence-corrected chi connectivity index (χ4v) is 6.16. The van der Waals surface area contributed by atoms with Gasteiger partial charge in [-0.15, -0.1) is 0 Å². The number of halogens is 1. The lowest BCUT2D eigenvalue weighted by Crippen LogP contribution is -2.44. The molecule has 0 bridgehead atoms. The molecule has 0 spiro atoms. The molecule has 0 aliphatic carbocycles. The van der Waals surface area contributed by atoms with Crippen molar-refractivity contribution < 1.29 is 24.6 Å². The monoisotopic (exact) mass is 551 g/mol. The summed E-state index contributed by atoms with van der Waals surface area (Å²) in [5.74, 6) is -1.10. The molecular formula is C30H34ClN3O5. The van der Waals surface area contributed by atoms with Gasteiger partial charge in [-0.1, -0.05) is 42.8 Å². The minimum absolute atomic E-state index is 0.0509. The maximum absolute atomic E-state index is 13.9. The van der Waals surface area contributed by atoms with E-state index in [1.54, 1.807) is 52.0 Å². The molecule has 39 heavy (non-hydrogen) atoms. The van der Waals surface area contributed by atoms with Crippen molar-refractivity contribution in [2.75, 3.05) is 29.5 Å². The van der Waals surface area contributed by atoms with E-state index in [0.717, 1.165) is 30.5 Å². The second-order valence-electron chi connectivity index (χ2n) is 10.6. The van der Waals surface area contributed by atoms with E-state index in [1.807, 2.05) is 24.3 Å². The van der Waals surface area contributed by atoms with Crippen molar-refractivity contribution in [3.05, 3.63) is 70.8 Å². The van der Waals surface area contributed by atoms with Crippen molar-refractivity contribution in [1.29, 1.82) is 0 Å².